The first-order chi connectivity index (χ1) is 11.9. The molecule has 3 aromatic rings. The van der Waals surface area contributed by atoms with Crippen LogP contribution in [0.25, 0.3) is 10.9 Å². The summed E-state index contributed by atoms with van der Waals surface area (Å²) in [5.41, 5.74) is 0.187. The molecular formula is C17H11ClF2N2O3. The summed E-state index contributed by atoms with van der Waals surface area (Å²) in [5, 5.41) is 11.9. The van der Waals surface area contributed by atoms with Gasteiger partial charge >= 0.3 is 5.97 Å². The van der Waals surface area contributed by atoms with Crippen LogP contribution in [-0.2, 0) is 11.2 Å². The third-order valence-corrected chi connectivity index (χ3v) is 3.93. The van der Waals surface area contributed by atoms with Crippen molar-refractivity contribution in [1.29, 1.82) is 0 Å². The molecule has 0 aliphatic rings. The number of aromatic amines is 1. The van der Waals surface area contributed by atoms with Crippen molar-refractivity contribution >= 4 is 40.1 Å². The number of aromatic carboxylic acids is 1. The minimum Gasteiger partial charge on any atom is -0.477 e. The van der Waals surface area contributed by atoms with Crippen molar-refractivity contribution in [3.8, 4) is 0 Å². The third kappa shape index (κ3) is 3.32. The lowest BCUT2D eigenvalue weighted by Gasteiger charge is -2.06. The zero-order valence-electron chi connectivity index (χ0n) is 12.6. The van der Waals surface area contributed by atoms with Crippen LogP contribution in [0, 0.1) is 11.6 Å². The van der Waals surface area contributed by atoms with Gasteiger partial charge in [0.15, 0.2) is 0 Å². The molecule has 0 saturated carbocycles. The summed E-state index contributed by atoms with van der Waals surface area (Å²) in [7, 11) is 0. The number of rotatable bonds is 4. The third-order valence-electron chi connectivity index (χ3n) is 3.65. The van der Waals surface area contributed by atoms with E-state index < -0.39 is 23.5 Å². The Balaban J connectivity index is 1.92. The van der Waals surface area contributed by atoms with E-state index in [9.17, 15) is 23.5 Å². The minimum atomic E-state index is -1.30. The van der Waals surface area contributed by atoms with E-state index in [0.29, 0.717) is 5.39 Å². The van der Waals surface area contributed by atoms with Crippen molar-refractivity contribution in [2.75, 3.05) is 5.32 Å². The van der Waals surface area contributed by atoms with E-state index in [1.807, 2.05) is 0 Å². The molecule has 0 unspecified atom stereocenters. The number of aromatic nitrogens is 1. The van der Waals surface area contributed by atoms with Crippen molar-refractivity contribution in [1.82, 2.24) is 4.98 Å². The van der Waals surface area contributed by atoms with Crippen LogP contribution in [0.2, 0.25) is 5.02 Å². The number of anilines is 1. The lowest BCUT2D eigenvalue weighted by Crippen LogP contribution is -2.16. The second-order valence-corrected chi connectivity index (χ2v) is 5.71. The molecule has 3 rings (SSSR count). The van der Waals surface area contributed by atoms with Crippen molar-refractivity contribution in [2.24, 2.45) is 0 Å². The normalized spacial score (nSPS) is 10.8. The first-order valence-corrected chi connectivity index (χ1v) is 7.52. The second kappa shape index (κ2) is 6.52. The van der Waals surface area contributed by atoms with E-state index in [-0.39, 0.29) is 33.9 Å². The second-order valence-electron chi connectivity index (χ2n) is 5.30. The number of hydrogen-bond donors (Lipinski definition) is 3. The van der Waals surface area contributed by atoms with Crippen LogP contribution in [0.1, 0.15) is 16.1 Å². The fraction of sp³-hybridized carbons (Fsp3) is 0.0588. The van der Waals surface area contributed by atoms with Gasteiger partial charge in [-0.3, -0.25) is 4.79 Å². The number of hydrogen-bond acceptors (Lipinski definition) is 2. The molecule has 2 aromatic carbocycles. The fourth-order valence-corrected chi connectivity index (χ4v) is 2.72. The quantitative estimate of drug-likeness (QED) is 0.655. The molecule has 8 heteroatoms. The highest BCUT2D eigenvalue weighted by Crippen LogP contribution is 2.26. The van der Waals surface area contributed by atoms with Crippen molar-refractivity contribution in [3.63, 3.8) is 0 Å². The lowest BCUT2D eigenvalue weighted by molar-refractivity contribution is -0.115. The predicted octanol–water partition coefficient (Wildman–Crippen LogP) is 3.98. The number of carboxylic acids is 1. The number of benzene rings is 2. The molecular weight excluding hydrogens is 354 g/mol. The number of carbonyl (C=O) groups is 2. The van der Waals surface area contributed by atoms with Crippen LogP contribution < -0.4 is 5.32 Å². The maximum absolute atomic E-state index is 13.8. The zero-order valence-corrected chi connectivity index (χ0v) is 13.3. The number of para-hydroxylation sites is 1. The zero-order chi connectivity index (χ0) is 18.1. The highest BCUT2D eigenvalue weighted by molar-refractivity contribution is 6.31. The molecule has 0 bridgehead atoms. The first-order valence-electron chi connectivity index (χ1n) is 7.14. The summed E-state index contributed by atoms with van der Waals surface area (Å²) >= 11 is 5.65. The Labute approximate surface area is 145 Å². The summed E-state index contributed by atoms with van der Waals surface area (Å²) in [4.78, 5) is 26.1. The number of halogens is 3. The predicted molar refractivity (Wildman–Crippen MR) is 89.0 cm³/mol. The number of H-pyrrole nitrogens is 1. The van der Waals surface area contributed by atoms with E-state index in [4.69, 9.17) is 11.6 Å². The van der Waals surface area contributed by atoms with E-state index >= 15 is 0 Å². The van der Waals surface area contributed by atoms with Gasteiger partial charge in [-0.05, 0) is 24.3 Å². The van der Waals surface area contributed by atoms with E-state index in [1.165, 1.54) is 30.3 Å². The van der Waals surface area contributed by atoms with Crippen LogP contribution in [0.4, 0.5) is 14.5 Å². The highest BCUT2D eigenvalue weighted by Gasteiger charge is 2.21. The molecule has 0 saturated heterocycles. The minimum absolute atomic E-state index is 0.0209. The average Bonchev–Trinajstić information content (AvgIpc) is 2.91. The van der Waals surface area contributed by atoms with Gasteiger partial charge in [0.25, 0.3) is 0 Å². The Kier molecular flexibility index (Phi) is 4.41. The molecule has 0 aliphatic heterocycles. The smallest absolute Gasteiger partial charge is 0.352 e. The van der Waals surface area contributed by atoms with Gasteiger partial charge in [0, 0.05) is 16.6 Å². The molecule has 0 atom stereocenters. The highest BCUT2D eigenvalue weighted by atomic mass is 35.5. The van der Waals surface area contributed by atoms with Gasteiger partial charge < -0.3 is 15.4 Å². The van der Waals surface area contributed by atoms with Crippen LogP contribution in [0.5, 0.6) is 0 Å². The molecule has 1 amide bonds. The van der Waals surface area contributed by atoms with Crippen LogP contribution >= 0.6 is 11.6 Å². The molecule has 0 fully saturated rings. The van der Waals surface area contributed by atoms with Crippen molar-refractivity contribution < 1.29 is 23.5 Å². The van der Waals surface area contributed by atoms with Crippen molar-refractivity contribution in [2.45, 2.75) is 6.42 Å². The summed E-state index contributed by atoms with van der Waals surface area (Å²) in [6.07, 6.45) is -0.305. The maximum Gasteiger partial charge on any atom is 0.352 e. The van der Waals surface area contributed by atoms with Gasteiger partial charge in [-0.1, -0.05) is 23.7 Å². The van der Waals surface area contributed by atoms with Gasteiger partial charge in [-0.2, -0.15) is 0 Å². The molecule has 0 aliphatic carbocycles. The SMILES string of the molecule is O=C(Cc1c(C(=O)O)[nH]c2c(F)cccc12)Nc1ccc(F)c(Cl)c1. The molecule has 25 heavy (non-hydrogen) atoms. The van der Waals surface area contributed by atoms with Crippen LogP contribution in [-0.4, -0.2) is 22.0 Å². The van der Waals surface area contributed by atoms with Gasteiger partial charge in [0.1, 0.15) is 17.3 Å². The summed E-state index contributed by atoms with van der Waals surface area (Å²) in [6, 6.07) is 7.81. The lowest BCUT2D eigenvalue weighted by atomic mass is 10.1. The molecule has 128 valence electrons. The Morgan fingerprint density at radius 2 is 1.92 bits per heavy atom. The topological polar surface area (TPSA) is 82.2 Å². The Morgan fingerprint density at radius 1 is 1.16 bits per heavy atom. The largest absolute Gasteiger partial charge is 0.477 e. The molecule has 0 spiro atoms. The standard InChI is InChI=1S/C17H11ClF2N2O3/c18-11-6-8(4-5-12(11)19)21-14(23)7-10-9-2-1-3-13(20)15(9)22-16(10)17(24)25/h1-6,22H,7H2,(H,21,23)(H,24,25). The number of carbonyl (C=O) groups excluding carboxylic acids is 1. The molecule has 3 N–H and O–H groups in total. The number of amides is 1. The van der Waals surface area contributed by atoms with E-state index in [1.54, 1.807) is 0 Å². The number of nitrogens with one attached hydrogen (secondary N) is 2. The number of carboxylic acid groups (broad SMARTS) is 1. The molecule has 5 nitrogen and oxygen atoms in total. The molecule has 0 radical (unpaired) electrons. The van der Waals surface area contributed by atoms with Gasteiger partial charge in [-0.15, -0.1) is 0 Å². The maximum atomic E-state index is 13.8. The van der Waals surface area contributed by atoms with Gasteiger partial charge in [0.05, 0.1) is 17.0 Å². The van der Waals surface area contributed by atoms with E-state index in [0.717, 1.165) is 6.07 Å². The van der Waals surface area contributed by atoms with Crippen LogP contribution in [0.3, 0.4) is 0 Å². The summed E-state index contributed by atoms with van der Waals surface area (Å²) in [5.74, 6) is -3.09. The van der Waals surface area contributed by atoms with Gasteiger partial charge in [0.2, 0.25) is 5.91 Å². The van der Waals surface area contributed by atoms with E-state index in [2.05, 4.69) is 10.3 Å². The fourth-order valence-electron chi connectivity index (χ4n) is 2.54. The van der Waals surface area contributed by atoms with Crippen molar-refractivity contribution in [3.05, 3.63) is 64.3 Å². The van der Waals surface area contributed by atoms with Crippen LogP contribution in [0.15, 0.2) is 36.4 Å². The Morgan fingerprint density at radius 3 is 2.60 bits per heavy atom. The Bertz CT molecular complexity index is 1000. The molecule has 1 heterocycles. The summed E-state index contributed by atoms with van der Waals surface area (Å²) < 4.78 is 27.0. The first kappa shape index (κ1) is 16.9. The Hall–Kier alpha value is -2.93. The monoisotopic (exact) mass is 364 g/mol. The average molecular weight is 365 g/mol. The van der Waals surface area contributed by atoms with Gasteiger partial charge in [-0.25, -0.2) is 13.6 Å². The molecule has 1 aromatic heterocycles. The summed E-state index contributed by atoms with van der Waals surface area (Å²) in [6.45, 7) is 0. The number of fused-ring (bicyclic) bond motifs is 1.